The highest BCUT2D eigenvalue weighted by molar-refractivity contribution is 6.09. The van der Waals surface area contributed by atoms with E-state index in [-0.39, 0.29) is 0 Å². The van der Waals surface area contributed by atoms with Crippen molar-refractivity contribution in [3.63, 3.8) is 0 Å². The molecule has 0 bridgehead atoms. The smallest absolute Gasteiger partial charge is 0.354 e. The van der Waals surface area contributed by atoms with Gasteiger partial charge in [0, 0.05) is 0 Å². The molecule has 0 saturated carbocycles. The van der Waals surface area contributed by atoms with E-state index < -0.39 is 18.0 Å². The number of hydrogen-bond acceptors (Lipinski definition) is 3. The monoisotopic (exact) mass is 193 g/mol. The van der Waals surface area contributed by atoms with Crippen molar-refractivity contribution in [2.24, 2.45) is 0 Å². The first-order valence-corrected chi connectivity index (χ1v) is 3.98. The Balaban J connectivity index is 2.36. The molecule has 5 nitrogen and oxygen atoms in total. The molecule has 2 rings (SSSR count). The minimum absolute atomic E-state index is 0.375. The van der Waals surface area contributed by atoms with Crippen molar-refractivity contribution in [2.75, 3.05) is 5.32 Å². The summed E-state index contributed by atoms with van der Waals surface area (Å²) in [6.07, 6.45) is -1.45. The minimum atomic E-state index is -1.45. The van der Waals surface area contributed by atoms with Gasteiger partial charge in [0.05, 0.1) is 5.69 Å². The molecule has 0 spiro atoms. The number of carboxylic acid groups (broad SMARTS) is 1. The number of nitrogens with one attached hydrogen (secondary N) is 1. The Morgan fingerprint density at radius 2 is 2.14 bits per heavy atom. The highest BCUT2D eigenvalue weighted by Crippen LogP contribution is 2.28. The highest BCUT2D eigenvalue weighted by atomic mass is 16.5. The lowest BCUT2D eigenvalue weighted by molar-refractivity contribution is -0.149. The SMILES string of the molecule is O=C(O)C1Oc2ccccc2NC1=O. The maximum atomic E-state index is 11.2. The fraction of sp³-hybridized carbons (Fsp3) is 0.111. The van der Waals surface area contributed by atoms with Gasteiger partial charge in [-0.1, -0.05) is 12.1 Å². The van der Waals surface area contributed by atoms with Crippen LogP contribution >= 0.6 is 0 Å². The van der Waals surface area contributed by atoms with Crippen molar-refractivity contribution in [3.05, 3.63) is 24.3 Å². The van der Waals surface area contributed by atoms with Crippen molar-refractivity contribution < 1.29 is 19.4 Å². The molecule has 1 unspecified atom stereocenters. The van der Waals surface area contributed by atoms with Crippen LogP contribution in [0, 0.1) is 0 Å². The fourth-order valence-electron chi connectivity index (χ4n) is 1.21. The van der Waals surface area contributed by atoms with E-state index in [4.69, 9.17) is 9.84 Å². The van der Waals surface area contributed by atoms with Crippen molar-refractivity contribution in [3.8, 4) is 5.75 Å². The van der Waals surface area contributed by atoms with Crippen LogP contribution in [0.5, 0.6) is 5.75 Å². The van der Waals surface area contributed by atoms with Crippen LogP contribution in [0.1, 0.15) is 0 Å². The molecule has 0 aliphatic carbocycles. The molecular formula is C9H7NO4. The number of aliphatic carboxylic acids is 1. The summed E-state index contributed by atoms with van der Waals surface area (Å²) in [5, 5.41) is 11.1. The predicted molar refractivity (Wildman–Crippen MR) is 47.1 cm³/mol. The molecule has 0 saturated heterocycles. The number of para-hydroxylation sites is 2. The van der Waals surface area contributed by atoms with Crippen molar-refractivity contribution in [2.45, 2.75) is 6.10 Å². The highest BCUT2D eigenvalue weighted by Gasteiger charge is 2.33. The van der Waals surface area contributed by atoms with Gasteiger partial charge in [-0.3, -0.25) is 4.79 Å². The zero-order chi connectivity index (χ0) is 10.1. The van der Waals surface area contributed by atoms with E-state index >= 15 is 0 Å². The number of carbonyl (C=O) groups is 2. The number of amides is 1. The van der Waals surface area contributed by atoms with Gasteiger partial charge in [0.15, 0.2) is 0 Å². The van der Waals surface area contributed by atoms with Crippen LogP contribution in [-0.4, -0.2) is 23.1 Å². The summed E-state index contributed by atoms with van der Waals surface area (Å²) >= 11 is 0. The number of hydrogen-bond donors (Lipinski definition) is 2. The molecule has 1 aromatic carbocycles. The Morgan fingerprint density at radius 3 is 2.86 bits per heavy atom. The quantitative estimate of drug-likeness (QED) is 0.635. The summed E-state index contributed by atoms with van der Waals surface area (Å²) in [5.74, 6) is -1.58. The van der Waals surface area contributed by atoms with Gasteiger partial charge in [0.2, 0.25) is 0 Å². The van der Waals surface area contributed by atoms with E-state index in [0.29, 0.717) is 11.4 Å². The lowest BCUT2D eigenvalue weighted by atomic mass is 10.2. The number of fused-ring (bicyclic) bond motifs is 1. The molecule has 0 aromatic heterocycles. The number of benzene rings is 1. The Labute approximate surface area is 79.3 Å². The number of anilines is 1. The molecule has 5 heteroatoms. The molecule has 1 heterocycles. The lowest BCUT2D eigenvalue weighted by Crippen LogP contribution is -2.42. The fourth-order valence-corrected chi connectivity index (χ4v) is 1.21. The van der Waals surface area contributed by atoms with E-state index in [2.05, 4.69) is 5.32 Å². The molecule has 1 aliphatic heterocycles. The van der Waals surface area contributed by atoms with Crippen LogP contribution in [0.4, 0.5) is 5.69 Å². The maximum Gasteiger partial charge on any atom is 0.354 e. The largest absolute Gasteiger partial charge is 0.478 e. The second-order valence-corrected chi connectivity index (χ2v) is 2.82. The normalized spacial score (nSPS) is 19.1. The first kappa shape index (κ1) is 8.55. The van der Waals surface area contributed by atoms with E-state index in [0.717, 1.165) is 0 Å². The van der Waals surface area contributed by atoms with Crippen molar-refractivity contribution in [1.29, 1.82) is 0 Å². The average molecular weight is 193 g/mol. The van der Waals surface area contributed by atoms with Gasteiger partial charge in [-0.15, -0.1) is 0 Å². The first-order chi connectivity index (χ1) is 6.68. The Hall–Kier alpha value is -2.04. The predicted octanol–water partition coefficient (Wildman–Crippen LogP) is 0.471. The molecule has 1 atom stereocenters. The second kappa shape index (κ2) is 3.02. The molecule has 0 radical (unpaired) electrons. The summed E-state index contributed by atoms with van der Waals surface area (Å²) in [7, 11) is 0. The van der Waals surface area contributed by atoms with Crippen LogP contribution in [0.2, 0.25) is 0 Å². The Bertz CT molecular complexity index is 402. The van der Waals surface area contributed by atoms with Gasteiger partial charge in [0.25, 0.3) is 12.0 Å². The van der Waals surface area contributed by atoms with Gasteiger partial charge >= 0.3 is 5.97 Å². The molecule has 14 heavy (non-hydrogen) atoms. The topological polar surface area (TPSA) is 75.6 Å². The van der Waals surface area contributed by atoms with E-state index in [9.17, 15) is 9.59 Å². The van der Waals surface area contributed by atoms with Crippen LogP contribution in [0.3, 0.4) is 0 Å². The summed E-state index contributed by atoms with van der Waals surface area (Å²) in [5.41, 5.74) is 0.495. The Kier molecular flexibility index (Phi) is 1.85. The van der Waals surface area contributed by atoms with Crippen LogP contribution in [-0.2, 0) is 9.59 Å². The van der Waals surface area contributed by atoms with Crippen LogP contribution in [0.15, 0.2) is 24.3 Å². The maximum absolute atomic E-state index is 11.2. The van der Waals surface area contributed by atoms with Gasteiger partial charge in [-0.2, -0.15) is 0 Å². The number of ether oxygens (including phenoxy) is 1. The van der Waals surface area contributed by atoms with Crippen LogP contribution < -0.4 is 10.1 Å². The van der Waals surface area contributed by atoms with Gasteiger partial charge in [-0.25, -0.2) is 4.79 Å². The van der Waals surface area contributed by atoms with Gasteiger partial charge in [-0.05, 0) is 12.1 Å². The van der Waals surface area contributed by atoms with E-state index in [1.54, 1.807) is 24.3 Å². The summed E-state index contributed by atoms with van der Waals surface area (Å²) < 4.78 is 4.99. The number of carboxylic acids is 1. The third-order valence-corrected chi connectivity index (χ3v) is 1.85. The van der Waals surface area contributed by atoms with Crippen molar-refractivity contribution in [1.82, 2.24) is 0 Å². The third-order valence-electron chi connectivity index (χ3n) is 1.85. The summed E-state index contributed by atoms with van der Waals surface area (Å²) in [6, 6.07) is 6.68. The van der Waals surface area contributed by atoms with Gasteiger partial charge in [0.1, 0.15) is 5.75 Å². The minimum Gasteiger partial charge on any atom is -0.478 e. The zero-order valence-corrected chi connectivity index (χ0v) is 7.06. The van der Waals surface area contributed by atoms with Gasteiger partial charge < -0.3 is 15.2 Å². The molecule has 72 valence electrons. The number of carbonyl (C=O) groups excluding carboxylic acids is 1. The third kappa shape index (κ3) is 1.28. The molecule has 1 amide bonds. The van der Waals surface area contributed by atoms with Crippen LogP contribution in [0.25, 0.3) is 0 Å². The average Bonchev–Trinajstić information content (AvgIpc) is 2.16. The Morgan fingerprint density at radius 1 is 1.43 bits per heavy atom. The summed E-state index contributed by atoms with van der Waals surface area (Å²) in [4.78, 5) is 21.8. The molecule has 2 N–H and O–H groups in total. The van der Waals surface area contributed by atoms with E-state index in [1.165, 1.54) is 0 Å². The molecule has 1 aliphatic rings. The standard InChI is InChI=1S/C9H7NO4/c11-8-7(9(12)13)14-6-4-2-1-3-5(6)10-8/h1-4,7H,(H,10,11)(H,12,13). The molecular weight excluding hydrogens is 186 g/mol. The zero-order valence-electron chi connectivity index (χ0n) is 7.06. The lowest BCUT2D eigenvalue weighted by Gasteiger charge is -2.22. The summed E-state index contributed by atoms with van der Waals surface area (Å²) in [6.45, 7) is 0. The molecule has 0 fully saturated rings. The van der Waals surface area contributed by atoms with E-state index in [1.807, 2.05) is 0 Å². The van der Waals surface area contributed by atoms with Crippen molar-refractivity contribution >= 4 is 17.6 Å². The second-order valence-electron chi connectivity index (χ2n) is 2.82. The number of rotatable bonds is 1. The molecule has 1 aromatic rings. The first-order valence-electron chi connectivity index (χ1n) is 3.98.